The third-order valence-electron chi connectivity index (χ3n) is 6.83. The van der Waals surface area contributed by atoms with Crippen molar-refractivity contribution in [3.05, 3.63) is 87.0 Å². The minimum absolute atomic E-state index is 0.0489. The third kappa shape index (κ3) is 5.49. The van der Waals surface area contributed by atoms with E-state index in [1.807, 2.05) is 41.9 Å². The van der Waals surface area contributed by atoms with Gasteiger partial charge in [-0.1, -0.05) is 42.5 Å². The van der Waals surface area contributed by atoms with Gasteiger partial charge in [-0.2, -0.15) is 0 Å². The van der Waals surface area contributed by atoms with E-state index in [1.165, 1.54) is 5.56 Å². The number of rotatable bonds is 9. The number of nitrogens with zero attached hydrogens (tertiary/aromatic N) is 5. The highest BCUT2D eigenvalue weighted by atomic mass is 16.5. The van der Waals surface area contributed by atoms with Crippen molar-refractivity contribution in [1.82, 2.24) is 30.1 Å². The molecule has 8 nitrogen and oxygen atoms in total. The van der Waals surface area contributed by atoms with Crippen molar-refractivity contribution >= 4 is 10.9 Å². The Morgan fingerprint density at radius 1 is 1.11 bits per heavy atom. The standard InChI is InChI=1S/C27H32N6O2/c1-19-10-11-20(2)26-24(19)15-22(27(34)28-26)16-32(17-23-9-6-14-35-23)18-25-29-30-31-33(25)13-12-21-7-4-3-5-8-21/h3-5,7-8,10-11,15,23H,6,9,12-14,16-18H2,1-2H3,(H,28,34). The summed E-state index contributed by atoms with van der Waals surface area (Å²) in [7, 11) is 0. The summed E-state index contributed by atoms with van der Waals surface area (Å²) in [5.74, 6) is 0.795. The number of aryl methyl sites for hydroxylation is 4. The summed E-state index contributed by atoms with van der Waals surface area (Å²) in [6.45, 7) is 7.38. The molecule has 0 amide bonds. The molecule has 1 fully saturated rings. The molecule has 8 heteroatoms. The average Bonchev–Trinajstić information content (AvgIpc) is 3.54. The van der Waals surface area contributed by atoms with Gasteiger partial charge in [0.2, 0.25) is 0 Å². The Morgan fingerprint density at radius 3 is 2.74 bits per heavy atom. The fourth-order valence-corrected chi connectivity index (χ4v) is 4.83. The van der Waals surface area contributed by atoms with Crippen LogP contribution >= 0.6 is 0 Å². The molecule has 182 valence electrons. The molecule has 1 aliphatic heterocycles. The van der Waals surface area contributed by atoms with Crippen LogP contribution < -0.4 is 5.56 Å². The molecule has 2 aromatic carbocycles. The predicted octanol–water partition coefficient (Wildman–Crippen LogP) is 3.56. The number of benzene rings is 2. The van der Waals surface area contributed by atoms with E-state index in [2.05, 4.69) is 50.5 Å². The molecule has 3 heterocycles. The molecule has 35 heavy (non-hydrogen) atoms. The number of aromatic nitrogens is 5. The number of hydrogen-bond acceptors (Lipinski definition) is 6. The summed E-state index contributed by atoms with van der Waals surface area (Å²) in [4.78, 5) is 18.4. The molecule has 0 aliphatic carbocycles. The number of H-pyrrole nitrogens is 1. The van der Waals surface area contributed by atoms with Crippen LogP contribution in [0, 0.1) is 13.8 Å². The molecule has 1 saturated heterocycles. The number of nitrogens with one attached hydrogen (secondary N) is 1. The first-order valence-corrected chi connectivity index (χ1v) is 12.3. The number of pyridine rings is 1. The van der Waals surface area contributed by atoms with Crippen LogP contribution in [0.4, 0.5) is 0 Å². The van der Waals surface area contributed by atoms with E-state index in [4.69, 9.17) is 4.74 Å². The van der Waals surface area contributed by atoms with Gasteiger partial charge in [0, 0.05) is 37.2 Å². The van der Waals surface area contributed by atoms with E-state index in [0.717, 1.165) is 65.8 Å². The Morgan fingerprint density at radius 2 is 1.94 bits per heavy atom. The monoisotopic (exact) mass is 472 g/mol. The van der Waals surface area contributed by atoms with Crippen molar-refractivity contribution < 1.29 is 4.74 Å². The Bertz CT molecular complexity index is 1340. The van der Waals surface area contributed by atoms with E-state index in [9.17, 15) is 4.79 Å². The van der Waals surface area contributed by atoms with Crippen LogP contribution in [0.1, 0.15) is 40.9 Å². The average molecular weight is 473 g/mol. The highest BCUT2D eigenvalue weighted by Gasteiger charge is 2.22. The summed E-state index contributed by atoms with van der Waals surface area (Å²) >= 11 is 0. The molecular formula is C27H32N6O2. The van der Waals surface area contributed by atoms with Gasteiger partial charge in [-0.3, -0.25) is 9.69 Å². The Kier molecular flexibility index (Phi) is 7.01. The largest absolute Gasteiger partial charge is 0.377 e. The van der Waals surface area contributed by atoms with Gasteiger partial charge in [0.25, 0.3) is 5.56 Å². The molecule has 0 saturated carbocycles. The summed E-state index contributed by atoms with van der Waals surface area (Å²) < 4.78 is 7.79. The lowest BCUT2D eigenvalue weighted by atomic mass is 10.0. The second kappa shape index (κ2) is 10.5. The molecule has 4 aromatic rings. The quantitative estimate of drug-likeness (QED) is 0.401. The van der Waals surface area contributed by atoms with Gasteiger partial charge >= 0.3 is 0 Å². The lowest BCUT2D eigenvalue weighted by Crippen LogP contribution is -2.34. The van der Waals surface area contributed by atoms with Crippen LogP contribution in [0.5, 0.6) is 0 Å². The molecule has 1 N–H and O–H groups in total. The van der Waals surface area contributed by atoms with Crippen LogP contribution in [0.2, 0.25) is 0 Å². The fourth-order valence-electron chi connectivity index (χ4n) is 4.83. The van der Waals surface area contributed by atoms with E-state index in [1.54, 1.807) is 0 Å². The number of aromatic amines is 1. The fraction of sp³-hybridized carbons (Fsp3) is 0.407. The van der Waals surface area contributed by atoms with Gasteiger partial charge in [-0.15, -0.1) is 5.10 Å². The van der Waals surface area contributed by atoms with Gasteiger partial charge < -0.3 is 9.72 Å². The zero-order valence-corrected chi connectivity index (χ0v) is 20.4. The number of ether oxygens (including phenoxy) is 1. The molecular weight excluding hydrogens is 440 g/mol. The zero-order valence-electron chi connectivity index (χ0n) is 20.4. The molecule has 5 rings (SSSR count). The minimum atomic E-state index is -0.0489. The van der Waals surface area contributed by atoms with Crippen LogP contribution in [-0.2, 0) is 30.8 Å². The highest BCUT2D eigenvalue weighted by Crippen LogP contribution is 2.21. The number of fused-ring (bicyclic) bond motifs is 1. The highest BCUT2D eigenvalue weighted by molar-refractivity contribution is 5.85. The topological polar surface area (TPSA) is 88.9 Å². The first-order chi connectivity index (χ1) is 17.1. The smallest absolute Gasteiger partial charge is 0.252 e. The Balaban J connectivity index is 1.38. The summed E-state index contributed by atoms with van der Waals surface area (Å²) in [5.41, 5.74) is 5.08. The molecule has 1 unspecified atom stereocenters. The van der Waals surface area contributed by atoms with E-state index >= 15 is 0 Å². The van der Waals surface area contributed by atoms with Gasteiger partial charge in [0.1, 0.15) is 0 Å². The van der Waals surface area contributed by atoms with Crippen LogP contribution in [0.25, 0.3) is 10.9 Å². The van der Waals surface area contributed by atoms with Crippen molar-refractivity contribution in [2.24, 2.45) is 0 Å². The van der Waals surface area contributed by atoms with E-state index < -0.39 is 0 Å². The van der Waals surface area contributed by atoms with Gasteiger partial charge in [-0.05, 0) is 66.3 Å². The van der Waals surface area contributed by atoms with Crippen LogP contribution in [0.3, 0.4) is 0 Å². The summed E-state index contributed by atoms with van der Waals surface area (Å²) in [6, 6.07) is 16.5. The predicted molar refractivity (Wildman–Crippen MR) is 135 cm³/mol. The van der Waals surface area contributed by atoms with Gasteiger partial charge in [0.05, 0.1) is 18.2 Å². The molecule has 0 spiro atoms. The van der Waals surface area contributed by atoms with Crippen molar-refractivity contribution in [1.29, 1.82) is 0 Å². The number of hydrogen-bond donors (Lipinski definition) is 1. The van der Waals surface area contributed by atoms with Gasteiger partial charge in [0.15, 0.2) is 5.82 Å². The molecule has 1 atom stereocenters. The van der Waals surface area contributed by atoms with Crippen LogP contribution in [-0.4, -0.2) is 49.3 Å². The van der Waals surface area contributed by atoms with Crippen molar-refractivity contribution in [3.8, 4) is 0 Å². The van der Waals surface area contributed by atoms with Crippen molar-refractivity contribution in [2.45, 2.75) is 58.8 Å². The third-order valence-corrected chi connectivity index (χ3v) is 6.83. The normalized spacial score (nSPS) is 15.9. The molecule has 0 radical (unpaired) electrons. The maximum absolute atomic E-state index is 13.0. The van der Waals surface area contributed by atoms with E-state index in [0.29, 0.717) is 19.6 Å². The first kappa shape index (κ1) is 23.4. The minimum Gasteiger partial charge on any atom is -0.377 e. The van der Waals surface area contributed by atoms with Crippen LogP contribution in [0.15, 0.2) is 53.3 Å². The van der Waals surface area contributed by atoms with E-state index in [-0.39, 0.29) is 11.7 Å². The first-order valence-electron chi connectivity index (χ1n) is 12.3. The molecule has 0 bridgehead atoms. The molecule has 2 aromatic heterocycles. The Labute approximate surface area is 204 Å². The van der Waals surface area contributed by atoms with Crippen molar-refractivity contribution in [2.75, 3.05) is 13.2 Å². The van der Waals surface area contributed by atoms with Crippen molar-refractivity contribution in [3.63, 3.8) is 0 Å². The second-order valence-corrected chi connectivity index (χ2v) is 9.47. The Hall–Kier alpha value is -3.36. The lowest BCUT2D eigenvalue weighted by Gasteiger charge is -2.24. The van der Waals surface area contributed by atoms with Gasteiger partial charge in [-0.25, -0.2) is 4.68 Å². The number of tetrazole rings is 1. The maximum atomic E-state index is 13.0. The SMILES string of the molecule is Cc1ccc(C)c2[nH]c(=O)c(CN(Cc3nnnn3CCc3ccccc3)CC3CCCO3)cc12. The zero-order chi connectivity index (χ0) is 24.2. The second-order valence-electron chi connectivity index (χ2n) is 9.47. The summed E-state index contributed by atoms with van der Waals surface area (Å²) in [6.07, 6.45) is 3.12. The molecule has 1 aliphatic rings. The maximum Gasteiger partial charge on any atom is 0.252 e. The lowest BCUT2D eigenvalue weighted by molar-refractivity contribution is 0.0663. The summed E-state index contributed by atoms with van der Waals surface area (Å²) in [5, 5.41) is 13.6.